The molecule has 0 radical (unpaired) electrons. The number of hydrogen-bond donors (Lipinski definition) is 1. The second-order valence-electron chi connectivity index (χ2n) is 4.14. The summed E-state index contributed by atoms with van der Waals surface area (Å²) in [7, 11) is 0. The molecule has 0 bridgehead atoms. The highest BCUT2D eigenvalue weighted by Gasteiger charge is 2.03. The fraction of sp³-hybridized carbons (Fsp3) is 0.267. The lowest BCUT2D eigenvalue weighted by Crippen LogP contribution is -2.00. The van der Waals surface area contributed by atoms with Gasteiger partial charge in [-0.2, -0.15) is 5.26 Å². The molecule has 2 rings (SSSR count). The highest BCUT2D eigenvalue weighted by molar-refractivity contribution is 5.53. The molecule has 0 atom stereocenters. The molecule has 1 aromatic heterocycles. The SMILES string of the molecule is CCOc1ccc(NCc2ccc(C#N)o2)c(C)c1. The van der Waals surface area contributed by atoms with Crippen molar-refractivity contribution in [1.82, 2.24) is 0 Å². The molecule has 0 aliphatic rings. The van der Waals surface area contributed by atoms with Gasteiger partial charge in [0.05, 0.1) is 13.2 Å². The van der Waals surface area contributed by atoms with Gasteiger partial charge in [-0.1, -0.05) is 0 Å². The molecule has 0 fully saturated rings. The van der Waals surface area contributed by atoms with Gasteiger partial charge in [0.25, 0.3) is 0 Å². The minimum Gasteiger partial charge on any atom is -0.494 e. The van der Waals surface area contributed by atoms with Crippen molar-refractivity contribution in [2.75, 3.05) is 11.9 Å². The molecule has 0 amide bonds. The Morgan fingerprint density at radius 2 is 2.16 bits per heavy atom. The van der Waals surface area contributed by atoms with E-state index in [-0.39, 0.29) is 0 Å². The van der Waals surface area contributed by atoms with E-state index in [4.69, 9.17) is 14.4 Å². The molecule has 19 heavy (non-hydrogen) atoms. The third-order valence-electron chi connectivity index (χ3n) is 2.73. The van der Waals surface area contributed by atoms with Crippen LogP contribution < -0.4 is 10.1 Å². The molecule has 0 saturated carbocycles. The lowest BCUT2D eigenvalue weighted by Gasteiger charge is -2.10. The van der Waals surface area contributed by atoms with E-state index in [1.165, 1.54) is 0 Å². The van der Waals surface area contributed by atoms with E-state index in [2.05, 4.69) is 5.32 Å². The second-order valence-corrected chi connectivity index (χ2v) is 4.14. The van der Waals surface area contributed by atoms with Crippen molar-refractivity contribution in [2.45, 2.75) is 20.4 Å². The van der Waals surface area contributed by atoms with Gasteiger partial charge in [0.2, 0.25) is 5.76 Å². The van der Waals surface area contributed by atoms with Crippen LogP contribution in [-0.2, 0) is 6.54 Å². The third kappa shape index (κ3) is 3.29. The first-order chi connectivity index (χ1) is 9.22. The molecular weight excluding hydrogens is 240 g/mol. The van der Waals surface area contributed by atoms with Gasteiger partial charge in [-0.15, -0.1) is 0 Å². The van der Waals surface area contributed by atoms with Crippen molar-refractivity contribution in [3.05, 3.63) is 47.4 Å². The van der Waals surface area contributed by atoms with Gasteiger partial charge >= 0.3 is 0 Å². The van der Waals surface area contributed by atoms with Crippen LogP contribution in [0.3, 0.4) is 0 Å². The summed E-state index contributed by atoms with van der Waals surface area (Å²) in [6, 6.07) is 11.3. The lowest BCUT2D eigenvalue weighted by atomic mass is 10.2. The molecule has 98 valence electrons. The average molecular weight is 256 g/mol. The highest BCUT2D eigenvalue weighted by atomic mass is 16.5. The van der Waals surface area contributed by atoms with E-state index >= 15 is 0 Å². The molecule has 1 heterocycles. The van der Waals surface area contributed by atoms with Crippen molar-refractivity contribution < 1.29 is 9.15 Å². The van der Waals surface area contributed by atoms with Crippen LogP contribution in [0.5, 0.6) is 5.75 Å². The Labute approximate surface area is 112 Å². The van der Waals surface area contributed by atoms with Gasteiger partial charge in [0.1, 0.15) is 17.6 Å². The normalized spacial score (nSPS) is 9.95. The zero-order valence-electron chi connectivity index (χ0n) is 11.1. The van der Waals surface area contributed by atoms with Crippen molar-refractivity contribution in [3.8, 4) is 11.8 Å². The Morgan fingerprint density at radius 1 is 1.32 bits per heavy atom. The van der Waals surface area contributed by atoms with Gasteiger partial charge < -0.3 is 14.5 Å². The zero-order valence-corrected chi connectivity index (χ0v) is 11.1. The maximum atomic E-state index is 8.68. The Morgan fingerprint density at radius 3 is 2.79 bits per heavy atom. The average Bonchev–Trinajstić information content (AvgIpc) is 2.86. The molecular formula is C15H16N2O2. The summed E-state index contributed by atoms with van der Waals surface area (Å²) in [5.74, 6) is 1.94. The van der Waals surface area contributed by atoms with E-state index in [0.29, 0.717) is 18.9 Å². The first kappa shape index (κ1) is 13.0. The van der Waals surface area contributed by atoms with Crippen LogP contribution in [0.1, 0.15) is 24.0 Å². The van der Waals surface area contributed by atoms with Crippen molar-refractivity contribution >= 4 is 5.69 Å². The lowest BCUT2D eigenvalue weighted by molar-refractivity contribution is 0.340. The van der Waals surface area contributed by atoms with Gasteiger partial charge in [-0.25, -0.2) is 0 Å². The Hall–Kier alpha value is -2.41. The largest absolute Gasteiger partial charge is 0.494 e. The standard InChI is InChI=1S/C15H16N2O2/c1-3-18-12-6-7-15(11(2)8-12)17-10-14-5-4-13(9-16)19-14/h4-8,17H,3,10H2,1-2H3. The van der Waals surface area contributed by atoms with Crippen LogP contribution in [0.4, 0.5) is 5.69 Å². The summed E-state index contributed by atoms with van der Waals surface area (Å²) in [6.07, 6.45) is 0. The van der Waals surface area contributed by atoms with Crippen LogP contribution in [-0.4, -0.2) is 6.61 Å². The predicted octanol–water partition coefficient (Wildman–Crippen LogP) is 3.47. The van der Waals surface area contributed by atoms with E-state index in [9.17, 15) is 0 Å². The number of furan rings is 1. The van der Waals surface area contributed by atoms with Crippen molar-refractivity contribution in [1.29, 1.82) is 5.26 Å². The number of aryl methyl sites for hydroxylation is 1. The first-order valence-electron chi connectivity index (χ1n) is 6.19. The number of nitrogens with zero attached hydrogens (tertiary/aromatic N) is 1. The number of rotatable bonds is 5. The number of anilines is 1. The number of nitriles is 1. The van der Waals surface area contributed by atoms with Gasteiger partial charge in [0.15, 0.2) is 0 Å². The van der Waals surface area contributed by atoms with Crippen LogP contribution >= 0.6 is 0 Å². The smallest absolute Gasteiger partial charge is 0.203 e. The van der Waals surface area contributed by atoms with Gasteiger partial charge in [0, 0.05) is 5.69 Å². The maximum Gasteiger partial charge on any atom is 0.203 e. The summed E-state index contributed by atoms with van der Waals surface area (Å²) in [5, 5.41) is 12.0. The zero-order chi connectivity index (χ0) is 13.7. The van der Waals surface area contributed by atoms with Gasteiger partial charge in [-0.3, -0.25) is 0 Å². The molecule has 1 N–H and O–H groups in total. The van der Waals surface area contributed by atoms with Crippen LogP contribution in [0.25, 0.3) is 0 Å². The molecule has 0 unspecified atom stereocenters. The summed E-state index contributed by atoms with van der Waals surface area (Å²) in [6.45, 7) is 5.20. The minimum atomic E-state index is 0.334. The van der Waals surface area contributed by atoms with Crippen molar-refractivity contribution in [3.63, 3.8) is 0 Å². The molecule has 0 saturated heterocycles. The summed E-state index contributed by atoms with van der Waals surface area (Å²) in [5.41, 5.74) is 2.14. The van der Waals surface area contributed by atoms with E-state index in [1.807, 2.05) is 38.1 Å². The molecule has 0 aliphatic carbocycles. The van der Waals surface area contributed by atoms with Crippen LogP contribution in [0, 0.1) is 18.3 Å². The molecule has 0 aliphatic heterocycles. The summed E-state index contributed by atoms with van der Waals surface area (Å²) < 4.78 is 10.7. The number of ether oxygens (including phenoxy) is 1. The molecule has 0 spiro atoms. The number of nitrogens with one attached hydrogen (secondary N) is 1. The summed E-state index contributed by atoms with van der Waals surface area (Å²) in [4.78, 5) is 0. The maximum absolute atomic E-state index is 8.68. The topological polar surface area (TPSA) is 58.2 Å². The van der Waals surface area contributed by atoms with Gasteiger partial charge in [-0.05, 0) is 49.7 Å². The number of benzene rings is 1. The minimum absolute atomic E-state index is 0.334. The summed E-state index contributed by atoms with van der Waals surface area (Å²) >= 11 is 0. The Balaban J connectivity index is 2.01. The van der Waals surface area contributed by atoms with Crippen LogP contribution in [0.2, 0.25) is 0 Å². The fourth-order valence-corrected chi connectivity index (χ4v) is 1.81. The van der Waals surface area contributed by atoms with Crippen molar-refractivity contribution in [2.24, 2.45) is 0 Å². The van der Waals surface area contributed by atoms with E-state index in [0.717, 1.165) is 22.8 Å². The molecule has 4 nitrogen and oxygen atoms in total. The quantitative estimate of drug-likeness (QED) is 0.889. The molecule has 1 aromatic carbocycles. The van der Waals surface area contributed by atoms with Crippen LogP contribution in [0.15, 0.2) is 34.7 Å². The highest BCUT2D eigenvalue weighted by Crippen LogP contribution is 2.22. The third-order valence-corrected chi connectivity index (χ3v) is 2.73. The fourth-order valence-electron chi connectivity index (χ4n) is 1.81. The molecule has 4 heteroatoms. The second kappa shape index (κ2) is 5.96. The molecule has 2 aromatic rings. The van der Waals surface area contributed by atoms with E-state index < -0.39 is 0 Å². The monoisotopic (exact) mass is 256 g/mol. The number of hydrogen-bond acceptors (Lipinski definition) is 4. The predicted molar refractivity (Wildman–Crippen MR) is 73.1 cm³/mol. The Bertz CT molecular complexity index is 596. The Kier molecular flexibility index (Phi) is 4.09. The first-order valence-corrected chi connectivity index (χ1v) is 6.19. The van der Waals surface area contributed by atoms with E-state index in [1.54, 1.807) is 12.1 Å².